The molecule has 9 nitrogen and oxygen atoms in total. The fraction of sp³-hybridized carbons (Fsp3) is 0.692. The number of hydrogen-bond donors (Lipinski definition) is 2. The molecule has 0 unspecified atom stereocenters. The van der Waals surface area contributed by atoms with Crippen LogP contribution in [0.1, 0.15) is 13.8 Å². The van der Waals surface area contributed by atoms with Gasteiger partial charge in [0.2, 0.25) is 5.91 Å². The zero-order valence-electron chi connectivity index (χ0n) is 13.0. The molecule has 2 atom stereocenters. The van der Waals surface area contributed by atoms with Crippen LogP contribution in [0.15, 0.2) is 0 Å². The molecule has 9 heteroatoms. The summed E-state index contributed by atoms with van der Waals surface area (Å²) in [4.78, 5) is 46.3. The van der Waals surface area contributed by atoms with Gasteiger partial charge in [-0.3, -0.25) is 14.4 Å². The van der Waals surface area contributed by atoms with E-state index in [0.717, 1.165) is 14.2 Å². The van der Waals surface area contributed by atoms with Gasteiger partial charge in [0.05, 0.1) is 14.2 Å². The third-order valence-corrected chi connectivity index (χ3v) is 2.98. The van der Waals surface area contributed by atoms with Gasteiger partial charge in [-0.05, 0) is 6.92 Å². The summed E-state index contributed by atoms with van der Waals surface area (Å²) in [6.45, 7) is 2.97. The molecule has 0 aliphatic carbocycles. The van der Waals surface area contributed by atoms with Crippen LogP contribution in [0.25, 0.3) is 0 Å². The highest BCUT2D eigenvalue weighted by atomic mass is 16.5. The van der Waals surface area contributed by atoms with Crippen LogP contribution >= 0.6 is 0 Å². The molecule has 0 aliphatic heterocycles. The molecule has 0 aromatic rings. The highest BCUT2D eigenvalue weighted by Crippen LogP contribution is 2.19. The standard InChI is InChI=1S/C13H21NO8/c1-5-22-6-8(15)14-10(11(16)17)7(2)9(12(18)20-3)13(19)21-4/h7,9-10H,5-6H2,1-4H3,(H,14,15)(H,16,17)/t7-,10+/m1/s1. The molecule has 0 radical (unpaired) electrons. The fourth-order valence-corrected chi connectivity index (χ4v) is 1.80. The fourth-order valence-electron chi connectivity index (χ4n) is 1.80. The molecule has 0 aromatic heterocycles. The molecule has 0 aliphatic rings. The lowest BCUT2D eigenvalue weighted by Crippen LogP contribution is -2.51. The zero-order valence-corrected chi connectivity index (χ0v) is 13.0. The molecule has 126 valence electrons. The Kier molecular flexibility index (Phi) is 8.76. The molecule has 1 amide bonds. The number of aliphatic carboxylic acids is 1. The highest BCUT2D eigenvalue weighted by molar-refractivity contribution is 5.96. The van der Waals surface area contributed by atoms with E-state index in [1.54, 1.807) is 6.92 Å². The van der Waals surface area contributed by atoms with Gasteiger partial charge in [0.15, 0.2) is 5.92 Å². The van der Waals surface area contributed by atoms with E-state index in [0.29, 0.717) is 0 Å². The number of hydrogen-bond acceptors (Lipinski definition) is 7. The molecule has 0 saturated carbocycles. The smallest absolute Gasteiger partial charge is 0.326 e. The molecule has 0 saturated heterocycles. The van der Waals surface area contributed by atoms with E-state index in [1.165, 1.54) is 6.92 Å². The number of rotatable bonds is 9. The van der Waals surface area contributed by atoms with E-state index in [4.69, 9.17) is 4.74 Å². The summed E-state index contributed by atoms with van der Waals surface area (Å²) in [5, 5.41) is 11.4. The van der Waals surface area contributed by atoms with Gasteiger partial charge in [-0.25, -0.2) is 4.79 Å². The second-order valence-electron chi connectivity index (χ2n) is 4.40. The molecular weight excluding hydrogens is 298 g/mol. The monoisotopic (exact) mass is 319 g/mol. The average molecular weight is 319 g/mol. The molecule has 2 N–H and O–H groups in total. The molecule has 0 fully saturated rings. The Morgan fingerprint density at radius 2 is 1.59 bits per heavy atom. The highest BCUT2D eigenvalue weighted by Gasteiger charge is 2.41. The lowest BCUT2D eigenvalue weighted by Gasteiger charge is -2.25. The van der Waals surface area contributed by atoms with Crippen molar-refractivity contribution in [2.75, 3.05) is 27.4 Å². The quantitative estimate of drug-likeness (QED) is 0.417. The Bertz CT molecular complexity index is 406. The predicted octanol–water partition coefficient (Wildman–Crippen LogP) is -0.809. The normalized spacial score (nSPS) is 13.1. The SMILES string of the molecule is CCOCC(=O)N[C@H](C(=O)O)[C@H](C)C(C(=O)OC)C(=O)OC. The van der Waals surface area contributed by atoms with Gasteiger partial charge in [0, 0.05) is 12.5 Å². The van der Waals surface area contributed by atoms with Gasteiger partial charge in [-0.1, -0.05) is 6.92 Å². The minimum atomic E-state index is -1.48. The van der Waals surface area contributed by atoms with Crippen molar-refractivity contribution < 1.29 is 38.5 Å². The van der Waals surface area contributed by atoms with Crippen LogP contribution in [-0.2, 0) is 33.4 Å². The van der Waals surface area contributed by atoms with Crippen LogP contribution in [0.3, 0.4) is 0 Å². The first kappa shape index (κ1) is 19.8. The second kappa shape index (κ2) is 9.72. The van der Waals surface area contributed by atoms with E-state index in [9.17, 15) is 24.3 Å². The summed E-state index contributed by atoms with van der Waals surface area (Å²) >= 11 is 0. The molecule has 0 spiro atoms. The zero-order chi connectivity index (χ0) is 17.3. The minimum absolute atomic E-state index is 0.285. The first-order valence-electron chi connectivity index (χ1n) is 6.55. The van der Waals surface area contributed by atoms with Crippen molar-refractivity contribution in [3.63, 3.8) is 0 Å². The van der Waals surface area contributed by atoms with E-state index < -0.39 is 41.7 Å². The third kappa shape index (κ3) is 5.68. The number of amides is 1. The topological polar surface area (TPSA) is 128 Å². The van der Waals surface area contributed by atoms with Gasteiger partial charge in [-0.2, -0.15) is 0 Å². The number of carboxylic acid groups (broad SMARTS) is 1. The number of methoxy groups -OCH3 is 2. The van der Waals surface area contributed by atoms with Gasteiger partial charge >= 0.3 is 17.9 Å². The van der Waals surface area contributed by atoms with Crippen LogP contribution in [0.4, 0.5) is 0 Å². The van der Waals surface area contributed by atoms with Crippen LogP contribution in [-0.4, -0.2) is 62.4 Å². The van der Waals surface area contributed by atoms with E-state index >= 15 is 0 Å². The maximum absolute atomic E-state index is 11.7. The molecule has 0 rings (SSSR count). The van der Waals surface area contributed by atoms with E-state index in [-0.39, 0.29) is 13.2 Å². The van der Waals surface area contributed by atoms with Crippen LogP contribution in [0.2, 0.25) is 0 Å². The van der Waals surface area contributed by atoms with Crippen molar-refractivity contribution in [1.82, 2.24) is 5.32 Å². The number of nitrogens with one attached hydrogen (secondary N) is 1. The van der Waals surface area contributed by atoms with Gasteiger partial charge in [0.1, 0.15) is 12.6 Å². The summed E-state index contributed by atoms with van der Waals surface area (Å²) in [7, 11) is 2.13. The van der Waals surface area contributed by atoms with Crippen molar-refractivity contribution in [2.24, 2.45) is 11.8 Å². The summed E-state index contributed by atoms with van der Waals surface area (Å²) in [6.07, 6.45) is 0. The maximum atomic E-state index is 11.7. The number of ether oxygens (including phenoxy) is 3. The average Bonchev–Trinajstić information content (AvgIpc) is 2.49. The lowest BCUT2D eigenvalue weighted by atomic mass is 9.87. The Hall–Kier alpha value is -2.16. The summed E-state index contributed by atoms with van der Waals surface area (Å²) in [6, 6.07) is -1.48. The Balaban J connectivity index is 5.19. The lowest BCUT2D eigenvalue weighted by molar-refractivity contribution is -0.163. The van der Waals surface area contributed by atoms with Gasteiger partial charge < -0.3 is 24.6 Å². The molecule has 0 aromatic carbocycles. The van der Waals surface area contributed by atoms with Gasteiger partial charge in [0.25, 0.3) is 0 Å². The van der Waals surface area contributed by atoms with Crippen LogP contribution in [0, 0.1) is 11.8 Å². The molecule has 0 bridgehead atoms. The first-order valence-corrected chi connectivity index (χ1v) is 6.55. The van der Waals surface area contributed by atoms with Crippen LogP contribution in [0.5, 0.6) is 0 Å². The molecule has 0 heterocycles. The minimum Gasteiger partial charge on any atom is -0.480 e. The second-order valence-corrected chi connectivity index (χ2v) is 4.40. The van der Waals surface area contributed by atoms with Crippen molar-refractivity contribution in [1.29, 1.82) is 0 Å². The van der Waals surface area contributed by atoms with Crippen molar-refractivity contribution in [2.45, 2.75) is 19.9 Å². The van der Waals surface area contributed by atoms with E-state index in [1.807, 2.05) is 0 Å². The number of carbonyl (C=O) groups is 4. The summed E-state index contributed by atoms with van der Waals surface area (Å²) < 4.78 is 13.8. The molecule has 22 heavy (non-hydrogen) atoms. The first-order chi connectivity index (χ1) is 10.3. The predicted molar refractivity (Wildman–Crippen MR) is 72.7 cm³/mol. The Morgan fingerprint density at radius 3 is 1.95 bits per heavy atom. The van der Waals surface area contributed by atoms with Crippen molar-refractivity contribution in [3.05, 3.63) is 0 Å². The Labute approximate surface area is 127 Å². The summed E-state index contributed by atoms with van der Waals surface area (Å²) in [5.74, 6) is -6.49. The Morgan fingerprint density at radius 1 is 1.09 bits per heavy atom. The van der Waals surface area contributed by atoms with E-state index in [2.05, 4.69) is 14.8 Å². The largest absolute Gasteiger partial charge is 0.480 e. The number of carboxylic acids is 1. The van der Waals surface area contributed by atoms with Gasteiger partial charge in [-0.15, -0.1) is 0 Å². The summed E-state index contributed by atoms with van der Waals surface area (Å²) in [5.41, 5.74) is 0. The third-order valence-electron chi connectivity index (χ3n) is 2.98. The molecular formula is C13H21NO8. The number of esters is 2. The van der Waals surface area contributed by atoms with Crippen molar-refractivity contribution in [3.8, 4) is 0 Å². The van der Waals surface area contributed by atoms with Crippen LogP contribution < -0.4 is 5.32 Å². The maximum Gasteiger partial charge on any atom is 0.326 e. The number of carbonyl (C=O) groups excluding carboxylic acids is 3. The van der Waals surface area contributed by atoms with Crippen molar-refractivity contribution >= 4 is 23.8 Å².